The van der Waals surface area contributed by atoms with E-state index in [1.54, 1.807) is 25.3 Å². The molecule has 0 fully saturated rings. The molecule has 0 saturated carbocycles. The van der Waals surface area contributed by atoms with E-state index in [-0.39, 0.29) is 25.1 Å². The summed E-state index contributed by atoms with van der Waals surface area (Å²) in [6.07, 6.45) is 0.615. The Kier molecular flexibility index (Phi) is 6.61. The molecule has 2 heterocycles. The lowest BCUT2D eigenvalue weighted by Crippen LogP contribution is -2.26. The number of aliphatic hydroxyl groups excluding tert-OH is 1. The number of aromatic nitrogens is 1. The molecule has 7 nitrogen and oxygen atoms in total. The molecule has 1 atom stereocenters. The second-order valence-electron chi connectivity index (χ2n) is 6.61. The Bertz CT molecular complexity index is 929. The first-order valence-electron chi connectivity index (χ1n) is 9.31. The fraction of sp³-hybridized carbons (Fsp3) is 0.333. The molecule has 1 unspecified atom stereocenters. The van der Waals surface area contributed by atoms with Gasteiger partial charge in [-0.05, 0) is 38.5 Å². The van der Waals surface area contributed by atoms with E-state index in [4.69, 9.17) is 25.8 Å². The van der Waals surface area contributed by atoms with Gasteiger partial charge in [-0.3, -0.25) is 0 Å². The zero-order valence-corrected chi connectivity index (χ0v) is 17.2. The molecule has 0 radical (unpaired) electrons. The molecular weight excluding hydrogens is 396 g/mol. The number of halogens is 1. The maximum absolute atomic E-state index is 12.1. The lowest BCUT2D eigenvalue weighted by atomic mass is 9.85. The maximum Gasteiger partial charge on any atom is 0.513 e. The van der Waals surface area contributed by atoms with Crippen LogP contribution in [0.3, 0.4) is 0 Å². The van der Waals surface area contributed by atoms with Crippen molar-refractivity contribution in [3.8, 4) is 5.88 Å². The number of allylic oxidation sites excluding steroid dienone is 1. The van der Waals surface area contributed by atoms with Crippen molar-refractivity contribution in [1.82, 2.24) is 4.98 Å². The number of nitrogens with one attached hydrogen (secondary N) is 1. The highest BCUT2D eigenvalue weighted by Crippen LogP contribution is 2.47. The SMILES string of the molecule is CCOC(=O)OC1=C(CO)Nc2ccnc(OC(C)C)c2C1c1ccccc1Cl. The van der Waals surface area contributed by atoms with Gasteiger partial charge in [-0.25, -0.2) is 9.78 Å². The Labute approximate surface area is 174 Å². The zero-order valence-electron chi connectivity index (χ0n) is 16.4. The van der Waals surface area contributed by atoms with Crippen LogP contribution in [-0.4, -0.2) is 35.6 Å². The van der Waals surface area contributed by atoms with Crippen LogP contribution in [0, 0.1) is 0 Å². The largest absolute Gasteiger partial charge is 0.513 e. The minimum Gasteiger partial charge on any atom is -0.475 e. The van der Waals surface area contributed by atoms with E-state index in [1.807, 2.05) is 32.0 Å². The van der Waals surface area contributed by atoms with Crippen LogP contribution in [0.1, 0.15) is 37.8 Å². The van der Waals surface area contributed by atoms with Crippen molar-refractivity contribution >= 4 is 23.4 Å². The molecule has 0 aliphatic carbocycles. The molecule has 0 amide bonds. The summed E-state index contributed by atoms with van der Waals surface area (Å²) in [7, 11) is 0. The van der Waals surface area contributed by atoms with Gasteiger partial charge in [0.15, 0.2) is 0 Å². The molecule has 29 heavy (non-hydrogen) atoms. The van der Waals surface area contributed by atoms with Crippen LogP contribution in [0.15, 0.2) is 48.0 Å². The van der Waals surface area contributed by atoms with E-state index in [2.05, 4.69) is 10.3 Å². The monoisotopic (exact) mass is 418 g/mol. The Morgan fingerprint density at radius 2 is 2.07 bits per heavy atom. The fourth-order valence-corrected chi connectivity index (χ4v) is 3.41. The number of fused-ring (bicyclic) bond motifs is 1. The molecule has 154 valence electrons. The van der Waals surface area contributed by atoms with Gasteiger partial charge in [0, 0.05) is 16.9 Å². The highest BCUT2D eigenvalue weighted by Gasteiger charge is 2.37. The van der Waals surface area contributed by atoms with E-state index >= 15 is 0 Å². The van der Waals surface area contributed by atoms with E-state index in [0.29, 0.717) is 33.4 Å². The first-order valence-corrected chi connectivity index (χ1v) is 9.69. The summed E-state index contributed by atoms with van der Waals surface area (Å²) < 4.78 is 16.4. The summed E-state index contributed by atoms with van der Waals surface area (Å²) in [5.74, 6) is -0.0565. The van der Waals surface area contributed by atoms with Crippen LogP contribution in [0.2, 0.25) is 5.02 Å². The number of hydrogen-bond acceptors (Lipinski definition) is 7. The molecule has 2 aromatic rings. The van der Waals surface area contributed by atoms with Gasteiger partial charge in [-0.15, -0.1) is 0 Å². The first-order chi connectivity index (χ1) is 14.0. The Morgan fingerprint density at radius 3 is 2.72 bits per heavy atom. The molecule has 1 aliphatic heterocycles. The fourth-order valence-electron chi connectivity index (χ4n) is 3.17. The number of carbonyl (C=O) groups excluding carboxylic acids is 1. The third-order valence-corrected chi connectivity index (χ3v) is 4.61. The molecule has 2 N–H and O–H groups in total. The summed E-state index contributed by atoms with van der Waals surface area (Å²) in [5.41, 5.74) is 2.35. The van der Waals surface area contributed by atoms with Crippen molar-refractivity contribution in [1.29, 1.82) is 0 Å². The van der Waals surface area contributed by atoms with Gasteiger partial charge in [0.1, 0.15) is 5.76 Å². The molecular formula is C21H23ClN2O5. The highest BCUT2D eigenvalue weighted by molar-refractivity contribution is 6.31. The number of benzene rings is 1. The number of hydrogen-bond donors (Lipinski definition) is 2. The van der Waals surface area contributed by atoms with Crippen molar-refractivity contribution in [3.63, 3.8) is 0 Å². The lowest BCUT2D eigenvalue weighted by molar-refractivity contribution is 0.0768. The summed E-state index contributed by atoms with van der Waals surface area (Å²) in [5, 5.41) is 13.5. The van der Waals surface area contributed by atoms with Crippen molar-refractivity contribution in [2.24, 2.45) is 0 Å². The molecule has 1 aromatic heterocycles. The Hall–Kier alpha value is -2.77. The average Bonchev–Trinajstić information content (AvgIpc) is 2.68. The Morgan fingerprint density at radius 1 is 1.31 bits per heavy atom. The standard InChI is InChI=1S/C21H23ClN2O5/c1-4-27-21(26)29-19-16(11-25)24-15-9-10-23-20(28-12(2)3)18(15)17(19)13-7-5-6-8-14(13)22/h5-10,12,17,24-25H,4,11H2,1-3H3. The van der Waals surface area contributed by atoms with Crippen LogP contribution in [0.25, 0.3) is 0 Å². The number of aliphatic hydroxyl groups is 1. The van der Waals surface area contributed by atoms with E-state index in [9.17, 15) is 9.90 Å². The Balaban J connectivity index is 2.22. The van der Waals surface area contributed by atoms with E-state index < -0.39 is 12.1 Å². The molecule has 8 heteroatoms. The topological polar surface area (TPSA) is 89.9 Å². The van der Waals surface area contributed by atoms with E-state index in [0.717, 1.165) is 0 Å². The minimum absolute atomic E-state index is 0.126. The molecule has 1 aliphatic rings. The van der Waals surface area contributed by atoms with Crippen molar-refractivity contribution in [2.75, 3.05) is 18.5 Å². The molecule has 3 rings (SSSR count). The van der Waals surface area contributed by atoms with Gasteiger partial charge in [-0.1, -0.05) is 29.8 Å². The molecule has 0 spiro atoms. The quantitative estimate of drug-likeness (QED) is 0.669. The van der Waals surface area contributed by atoms with Gasteiger partial charge < -0.3 is 24.6 Å². The van der Waals surface area contributed by atoms with Crippen molar-refractivity contribution in [3.05, 3.63) is 64.1 Å². The summed E-state index contributed by atoms with van der Waals surface area (Å²) in [4.78, 5) is 16.5. The number of carbonyl (C=O) groups is 1. The number of nitrogens with zero attached hydrogens (tertiary/aromatic N) is 1. The maximum atomic E-state index is 12.1. The predicted octanol–water partition coefficient (Wildman–Crippen LogP) is 4.46. The minimum atomic E-state index is -0.869. The number of anilines is 1. The van der Waals surface area contributed by atoms with Crippen LogP contribution >= 0.6 is 11.6 Å². The van der Waals surface area contributed by atoms with E-state index in [1.165, 1.54) is 0 Å². The van der Waals surface area contributed by atoms with Gasteiger partial charge in [0.05, 0.1) is 36.5 Å². The predicted molar refractivity (Wildman–Crippen MR) is 109 cm³/mol. The molecule has 0 bridgehead atoms. The highest BCUT2D eigenvalue weighted by atomic mass is 35.5. The first kappa shape index (κ1) is 21.0. The average molecular weight is 419 g/mol. The summed E-state index contributed by atoms with van der Waals surface area (Å²) in [6, 6.07) is 8.99. The lowest BCUT2D eigenvalue weighted by Gasteiger charge is -2.32. The van der Waals surface area contributed by atoms with Crippen molar-refractivity contribution < 1.29 is 24.1 Å². The molecule has 1 aromatic carbocycles. The van der Waals surface area contributed by atoms with Gasteiger partial charge in [-0.2, -0.15) is 0 Å². The van der Waals surface area contributed by atoms with Gasteiger partial charge in [0.25, 0.3) is 0 Å². The second kappa shape index (κ2) is 9.15. The summed E-state index contributed by atoms with van der Waals surface area (Å²) >= 11 is 6.50. The smallest absolute Gasteiger partial charge is 0.475 e. The van der Waals surface area contributed by atoms with Crippen molar-refractivity contribution in [2.45, 2.75) is 32.8 Å². The third kappa shape index (κ3) is 4.46. The molecule has 0 saturated heterocycles. The van der Waals surface area contributed by atoms with Crippen LogP contribution in [0.4, 0.5) is 10.5 Å². The zero-order chi connectivity index (χ0) is 21.0. The van der Waals surface area contributed by atoms with Crippen LogP contribution in [-0.2, 0) is 9.47 Å². The van der Waals surface area contributed by atoms with Crippen LogP contribution < -0.4 is 10.1 Å². The number of rotatable bonds is 6. The summed E-state index contributed by atoms with van der Waals surface area (Å²) in [6.45, 7) is 5.25. The van der Waals surface area contributed by atoms with Gasteiger partial charge >= 0.3 is 6.16 Å². The third-order valence-electron chi connectivity index (χ3n) is 4.26. The van der Waals surface area contributed by atoms with Gasteiger partial charge in [0.2, 0.25) is 5.88 Å². The number of ether oxygens (including phenoxy) is 3. The second-order valence-corrected chi connectivity index (χ2v) is 7.02. The number of pyridine rings is 1. The van der Waals surface area contributed by atoms with Crippen LogP contribution in [0.5, 0.6) is 5.88 Å². The normalized spacial score (nSPS) is 15.6.